The summed E-state index contributed by atoms with van der Waals surface area (Å²) in [7, 11) is 1.85. The van der Waals surface area contributed by atoms with Crippen molar-refractivity contribution in [2.45, 2.75) is 26.7 Å². The summed E-state index contributed by atoms with van der Waals surface area (Å²) in [5, 5.41) is 1.67. The van der Waals surface area contributed by atoms with Gasteiger partial charge in [0.1, 0.15) is 5.76 Å². The molecule has 0 bridgehead atoms. The third-order valence-electron chi connectivity index (χ3n) is 1.98. The molecule has 0 aromatic rings. The quantitative estimate of drug-likeness (QED) is 0.350. The molecule has 0 heterocycles. The average molecular weight is 195 g/mol. The number of rotatable bonds is 7. The lowest BCUT2D eigenvalue weighted by atomic mass is 10.2. The largest absolute Gasteiger partial charge is 0.385 e. The standard InChI is InChI=1S/C12H21NO/c1-7-8-9-11(4)13(6)14-12(5)10(2)3/h7,10H,1,4-5,8-9H2,2-3,6H3. The highest BCUT2D eigenvalue weighted by Crippen LogP contribution is 2.14. The summed E-state index contributed by atoms with van der Waals surface area (Å²) in [6.45, 7) is 15.5. The van der Waals surface area contributed by atoms with E-state index in [2.05, 4.69) is 19.7 Å². The molecule has 0 aromatic heterocycles. The summed E-state index contributed by atoms with van der Waals surface area (Å²) in [6.07, 6.45) is 3.66. The van der Waals surface area contributed by atoms with Crippen LogP contribution in [-0.4, -0.2) is 12.1 Å². The van der Waals surface area contributed by atoms with Gasteiger partial charge in [-0.05, 0) is 12.8 Å². The molecule has 0 unspecified atom stereocenters. The second kappa shape index (κ2) is 6.30. The van der Waals surface area contributed by atoms with Crippen LogP contribution in [0, 0.1) is 5.92 Å². The maximum absolute atomic E-state index is 5.48. The lowest BCUT2D eigenvalue weighted by Crippen LogP contribution is -2.18. The van der Waals surface area contributed by atoms with Crippen LogP contribution >= 0.6 is 0 Å². The molecule has 0 aliphatic carbocycles. The van der Waals surface area contributed by atoms with Crippen molar-refractivity contribution in [1.82, 2.24) is 5.06 Å². The van der Waals surface area contributed by atoms with Crippen LogP contribution in [0.1, 0.15) is 26.7 Å². The summed E-state index contributed by atoms with van der Waals surface area (Å²) >= 11 is 0. The normalized spacial score (nSPS) is 9.71. The van der Waals surface area contributed by atoms with Crippen LogP contribution in [0.3, 0.4) is 0 Å². The zero-order chi connectivity index (χ0) is 11.1. The second-order valence-corrected chi connectivity index (χ2v) is 3.60. The van der Waals surface area contributed by atoms with Crippen molar-refractivity contribution in [2.24, 2.45) is 5.92 Å². The van der Waals surface area contributed by atoms with Crippen molar-refractivity contribution in [3.63, 3.8) is 0 Å². The molecule has 80 valence electrons. The smallest absolute Gasteiger partial charge is 0.127 e. The molecule has 0 aliphatic heterocycles. The Hall–Kier alpha value is -1.18. The molecule has 2 nitrogen and oxygen atoms in total. The van der Waals surface area contributed by atoms with Crippen LogP contribution in [0.25, 0.3) is 0 Å². The van der Waals surface area contributed by atoms with Gasteiger partial charge < -0.3 is 4.84 Å². The molecular formula is C12H21NO. The molecule has 0 N–H and O–H groups in total. The number of hydrogen-bond donors (Lipinski definition) is 0. The van der Waals surface area contributed by atoms with E-state index in [1.54, 1.807) is 5.06 Å². The van der Waals surface area contributed by atoms with E-state index in [0.29, 0.717) is 5.92 Å². The van der Waals surface area contributed by atoms with Gasteiger partial charge in [-0.2, -0.15) is 0 Å². The number of nitrogens with zero attached hydrogens (tertiary/aromatic N) is 1. The fraction of sp³-hybridized carbons (Fsp3) is 0.500. The Labute approximate surface area is 87.5 Å². The van der Waals surface area contributed by atoms with E-state index < -0.39 is 0 Å². The Morgan fingerprint density at radius 1 is 1.43 bits per heavy atom. The molecule has 0 saturated heterocycles. The van der Waals surface area contributed by atoms with Gasteiger partial charge in [-0.3, -0.25) is 0 Å². The van der Waals surface area contributed by atoms with Gasteiger partial charge in [0.15, 0.2) is 0 Å². The SMILES string of the molecule is C=CCCC(=C)N(C)OC(=C)C(C)C. The van der Waals surface area contributed by atoms with Gasteiger partial charge in [0.05, 0.1) is 0 Å². The van der Waals surface area contributed by atoms with Gasteiger partial charge in [-0.15, -0.1) is 6.58 Å². The Kier molecular flexibility index (Phi) is 5.77. The summed E-state index contributed by atoms with van der Waals surface area (Å²) in [4.78, 5) is 5.48. The van der Waals surface area contributed by atoms with Gasteiger partial charge >= 0.3 is 0 Å². The van der Waals surface area contributed by atoms with Gasteiger partial charge in [0.25, 0.3) is 0 Å². The Balaban J connectivity index is 3.94. The summed E-state index contributed by atoms with van der Waals surface area (Å²) in [5.74, 6) is 1.08. The van der Waals surface area contributed by atoms with Crippen molar-refractivity contribution in [1.29, 1.82) is 0 Å². The number of allylic oxidation sites excluding steroid dienone is 3. The predicted molar refractivity (Wildman–Crippen MR) is 61.4 cm³/mol. The third-order valence-corrected chi connectivity index (χ3v) is 1.98. The summed E-state index contributed by atoms with van der Waals surface area (Å²) < 4.78 is 0. The third kappa shape index (κ3) is 4.75. The molecule has 0 spiro atoms. The fourth-order valence-electron chi connectivity index (χ4n) is 0.772. The molecule has 0 aromatic carbocycles. The Bertz CT molecular complexity index is 218. The first-order valence-corrected chi connectivity index (χ1v) is 4.88. The predicted octanol–water partition coefficient (Wildman–Crippen LogP) is 3.50. The molecule has 0 atom stereocenters. The van der Waals surface area contributed by atoms with Gasteiger partial charge in [0.2, 0.25) is 0 Å². The fourth-order valence-corrected chi connectivity index (χ4v) is 0.772. The van der Waals surface area contributed by atoms with E-state index >= 15 is 0 Å². The number of hydroxylamine groups is 2. The van der Waals surface area contributed by atoms with Crippen molar-refractivity contribution in [2.75, 3.05) is 7.05 Å². The van der Waals surface area contributed by atoms with Crippen molar-refractivity contribution >= 4 is 0 Å². The molecule has 0 aliphatic rings. The van der Waals surface area contributed by atoms with Crippen LogP contribution in [-0.2, 0) is 4.84 Å². The Morgan fingerprint density at radius 3 is 2.43 bits per heavy atom. The first kappa shape index (κ1) is 12.8. The van der Waals surface area contributed by atoms with E-state index in [4.69, 9.17) is 4.84 Å². The zero-order valence-electron chi connectivity index (χ0n) is 9.55. The van der Waals surface area contributed by atoms with Crippen molar-refractivity contribution in [3.05, 3.63) is 37.3 Å². The molecule has 0 rings (SSSR count). The minimum atomic E-state index is 0.324. The molecular weight excluding hydrogens is 174 g/mol. The monoisotopic (exact) mass is 195 g/mol. The van der Waals surface area contributed by atoms with E-state index in [0.717, 1.165) is 24.3 Å². The topological polar surface area (TPSA) is 12.5 Å². The Morgan fingerprint density at radius 2 is 2.00 bits per heavy atom. The van der Waals surface area contributed by atoms with Gasteiger partial charge in [-0.1, -0.05) is 33.1 Å². The highest BCUT2D eigenvalue weighted by molar-refractivity contribution is 4.94. The minimum Gasteiger partial charge on any atom is -0.385 e. The highest BCUT2D eigenvalue weighted by atomic mass is 16.7. The lowest BCUT2D eigenvalue weighted by molar-refractivity contribution is -0.0764. The highest BCUT2D eigenvalue weighted by Gasteiger charge is 2.07. The average Bonchev–Trinajstić information content (AvgIpc) is 2.13. The lowest BCUT2D eigenvalue weighted by Gasteiger charge is -2.24. The van der Waals surface area contributed by atoms with Crippen molar-refractivity contribution in [3.8, 4) is 0 Å². The molecule has 0 fully saturated rings. The maximum Gasteiger partial charge on any atom is 0.127 e. The van der Waals surface area contributed by atoms with Gasteiger partial charge in [0, 0.05) is 18.7 Å². The number of hydrogen-bond acceptors (Lipinski definition) is 2. The van der Waals surface area contributed by atoms with Crippen LogP contribution in [0.4, 0.5) is 0 Å². The van der Waals surface area contributed by atoms with Crippen LogP contribution in [0.5, 0.6) is 0 Å². The first-order chi connectivity index (χ1) is 6.49. The minimum absolute atomic E-state index is 0.324. The molecule has 2 heteroatoms. The molecule has 0 saturated carbocycles. The molecule has 0 radical (unpaired) electrons. The van der Waals surface area contributed by atoms with E-state index in [1.807, 2.05) is 27.0 Å². The van der Waals surface area contributed by atoms with Crippen LogP contribution in [0.15, 0.2) is 37.3 Å². The molecule has 0 amide bonds. The van der Waals surface area contributed by atoms with E-state index in [1.165, 1.54) is 0 Å². The van der Waals surface area contributed by atoms with Crippen molar-refractivity contribution < 1.29 is 4.84 Å². The van der Waals surface area contributed by atoms with E-state index in [-0.39, 0.29) is 0 Å². The summed E-state index contributed by atoms with van der Waals surface area (Å²) in [5.41, 5.74) is 0.937. The van der Waals surface area contributed by atoms with Gasteiger partial charge in [-0.25, -0.2) is 5.06 Å². The maximum atomic E-state index is 5.48. The molecule has 14 heavy (non-hydrogen) atoms. The van der Waals surface area contributed by atoms with Crippen LogP contribution in [0.2, 0.25) is 0 Å². The second-order valence-electron chi connectivity index (χ2n) is 3.60. The zero-order valence-corrected chi connectivity index (χ0v) is 9.55. The van der Waals surface area contributed by atoms with E-state index in [9.17, 15) is 0 Å². The van der Waals surface area contributed by atoms with Crippen LogP contribution < -0.4 is 0 Å². The first-order valence-electron chi connectivity index (χ1n) is 4.88. The summed E-state index contributed by atoms with van der Waals surface area (Å²) in [6, 6.07) is 0.